The van der Waals surface area contributed by atoms with Crippen molar-refractivity contribution in [3.63, 3.8) is 0 Å². The van der Waals surface area contributed by atoms with Crippen LogP contribution in [0.2, 0.25) is 0 Å². The molecule has 1 N–H and O–H groups in total. The van der Waals surface area contributed by atoms with Gasteiger partial charge in [0.25, 0.3) is 0 Å². The molecule has 1 saturated heterocycles. The molecule has 7 nitrogen and oxygen atoms in total. The maximum atomic E-state index is 12.4. The van der Waals surface area contributed by atoms with E-state index < -0.39 is 0 Å². The maximum Gasteiger partial charge on any atom is 0.222 e. The van der Waals surface area contributed by atoms with Crippen LogP contribution in [-0.4, -0.2) is 45.8 Å². The molecule has 7 heteroatoms. The molecule has 0 spiro atoms. The second-order valence-corrected chi connectivity index (χ2v) is 6.47. The fourth-order valence-corrected chi connectivity index (χ4v) is 3.05. The van der Waals surface area contributed by atoms with Crippen molar-refractivity contribution in [2.45, 2.75) is 51.8 Å². The van der Waals surface area contributed by atoms with Gasteiger partial charge in [0.1, 0.15) is 17.7 Å². The van der Waals surface area contributed by atoms with E-state index in [1.807, 2.05) is 29.8 Å². The molecular weight excluding hydrogens is 332 g/mol. The summed E-state index contributed by atoms with van der Waals surface area (Å²) in [5.41, 5.74) is 0.938. The molecule has 2 atom stereocenters. The van der Waals surface area contributed by atoms with Gasteiger partial charge in [0.15, 0.2) is 0 Å². The van der Waals surface area contributed by atoms with Crippen LogP contribution in [0, 0.1) is 6.92 Å². The number of rotatable bonds is 7. The molecule has 2 aromatic rings. The van der Waals surface area contributed by atoms with Gasteiger partial charge in [0, 0.05) is 44.1 Å². The molecule has 0 saturated carbocycles. The third-order valence-electron chi connectivity index (χ3n) is 4.52. The van der Waals surface area contributed by atoms with E-state index in [2.05, 4.69) is 22.2 Å². The number of imidazole rings is 1. The zero-order valence-electron chi connectivity index (χ0n) is 15.4. The number of nitrogens with one attached hydrogen (secondary N) is 1. The maximum absolute atomic E-state index is 12.4. The first-order chi connectivity index (χ1) is 12.7. The summed E-state index contributed by atoms with van der Waals surface area (Å²) in [6.45, 7) is 5.70. The van der Waals surface area contributed by atoms with Crippen molar-refractivity contribution in [1.82, 2.24) is 19.9 Å². The molecular formula is C19H26N4O3. The van der Waals surface area contributed by atoms with Gasteiger partial charge in [0.05, 0.1) is 18.8 Å². The molecule has 3 rings (SSSR count). The van der Waals surface area contributed by atoms with Crippen LogP contribution < -0.4 is 10.1 Å². The minimum Gasteiger partial charge on any atom is -0.484 e. The highest BCUT2D eigenvalue weighted by atomic mass is 16.5. The lowest BCUT2D eigenvalue weighted by Crippen LogP contribution is -2.51. The number of aromatic nitrogens is 3. The third kappa shape index (κ3) is 4.82. The summed E-state index contributed by atoms with van der Waals surface area (Å²) < 4.78 is 13.5. The fraction of sp³-hybridized carbons (Fsp3) is 0.526. The average Bonchev–Trinajstić information content (AvgIpc) is 3.11. The Morgan fingerprint density at radius 1 is 1.42 bits per heavy atom. The third-order valence-corrected chi connectivity index (χ3v) is 4.52. The Labute approximate surface area is 153 Å². The van der Waals surface area contributed by atoms with Gasteiger partial charge < -0.3 is 19.4 Å². The van der Waals surface area contributed by atoms with Gasteiger partial charge in [-0.1, -0.05) is 6.92 Å². The predicted octanol–water partition coefficient (Wildman–Crippen LogP) is 1.89. The van der Waals surface area contributed by atoms with Gasteiger partial charge in [-0.05, 0) is 25.5 Å². The Hall–Kier alpha value is -2.41. The highest BCUT2D eigenvalue weighted by molar-refractivity contribution is 5.76. The lowest BCUT2D eigenvalue weighted by atomic mass is 10.1. The first-order valence-corrected chi connectivity index (χ1v) is 9.12. The van der Waals surface area contributed by atoms with Gasteiger partial charge >= 0.3 is 0 Å². The Kier molecular flexibility index (Phi) is 6.22. The summed E-state index contributed by atoms with van der Waals surface area (Å²) in [5.74, 6) is 1.71. The molecule has 0 radical (unpaired) electrons. The Balaban J connectivity index is 1.53. The minimum absolute atomic E-state index is 0.0169. The number of amides is 1. The molecule has 3 heterocycles. The highest BCUT2D eigenvalue weighted by Gasteiger charge is 2.29. The number of pyridine rings is 1. The van der Waals surface area contributed by atoms with Crippen molar-refractivity contribution < 1.29 is 14.3 Å². The van der Waals surface area contributed by atoms with Gasteiger partial charge in [-0.15, -0.1) is 0 Å². The quantitative estimate of drug-likeness (QED) is 0.818. The first kappa shape index (κ1) is 18.4. The van der Waals surface area contributed by atoms with Crippen LogP contribution in [0.5, 0.6) is 5.75 Å². The van der Waals surface area contributed by atoms with Crippen molar-refractivity contribution in [3.05, 3.63) is 42.2 Å². The van der Waals surface area contributed by atoms with Crippen molar-refractivity contribution >= 4 is 5.91 Å². The molecule has 1 fully saturated rings. The summed E-state index contributed by atoms with van der Waals surface area (Å²) in [4.78, 5) is 20.9. The van der Waals surface area contributed by atoms with Crippen LogP contribution >= 0.6 is 0 Å². The summed E-state index contributed by atoms with van der Waals surface area (Å²) in [5, 5.41) is 3.10. The van der Waals surface area contributed by atoms with E-state index in [9.17, 15) is 4.79 Å². The zero-order chi connectivity index (χ0) is 18.4. The number of aryl methyl sites for hydroxylation is 3. The summed E-state index contributed by atoms with van der Waals surface area (Å²) in [7, 11) is 0. The standard InChI is InChI=1S/C19H26N4O3/c1-3-18-20-8-10-23(18)9-6-19(24)22-16-7-11-25-13-17(16)26-15-5-4-14(2)21-12-15/h4-5,8,10,12,16-17H,3,6-7,9,11,13H2,1-2H3,(H,22,24)/t16-,17+/m1/s1. The topological polar surface area (TPSA) is 78.3 Å². The van der Waals surface area contributed by atoms with Crippen molar-refractivity contribution in [3.8, 4) is 5.75 Å². The van der Waals surface area contributed by atoms with Crippen molar-refractivity contribution in [1.29, 1.82) is 0 Å². The smallest absolute Gasteiger partial charge is 0.222 e. The molecule has 1 aliphatic rings. The van der Waals surface area contributed by atoms with E-state index >= 15 is 0 Å². The number of carbonyl (C=O) groups excluding carboxylic acids is 1. The average molecular weight is 358 g/mol. The lowest BCUT2D eigenvalue weighted by molar-refractivity contribution is -0.124. The van der Waals surface area contributed by atoms with Crippen LogP contribution in [0.3, 0.4) is 0 Å². The van der Waals surface area contributed by atoms with E-state index in [0.717, 1.165) is 24.4 Å². The number of ether oxygens (including phenoxy) is 2. The Bertz CT molecular complexity index is 714. The summed E-state index contributed by atoms with van der Waals surface area (Å²) in [6.07, 6.45) is 7.19. The molecule has 140 valence electrons. The van der Waals surface area contributed by atoms with Gasteiger partial charge in [-0.3, -0.25) is 9.78 Å². The van der Waals surface area contributed by atoms with Crippen LogP contribution in [0.1, 0.15) is 31.3 Å². The number of hydrogen-bond acceptors (Lipinski definition) is 5. The molecule has 2 aromatic heterocycles. The van der Waals surface area contributed by atoms with Crippen LogP contribution in [0.25, 0.3) is 0 Å². The fourth-order valence-electron chi connectivity index (χ4n) is 3.05. The van der Waals surface area contributed by atoms with Gasteiger partial charge in [0.2, 0.25) is 5.91 Å². The highest BCUT2D eigenvalue weighted by Crippen LogP contribution is 2.17. The number of nitrogens with zero attached hydrogens (tertiary/aromatic N) is 3. The predicted molar refractivity (Wildman–Crippen MR) is 97.0 cm³/mol. The van der Waals surface area contributed by atoms with Crippen LogP contribution in [0.15, 0.2) is 30.7 Å². The van der Waals surface area contributed by atoms with E-state index in [1.54, 1.807) is 12.4 Å². The summed E-state index contributed by atoms with van der Waals surface area (Å²) >= 11 is 0. The molecule has 0 aromatic carbocycles. The van der Waals surface area contributed by atoms with Crippen LogP contribution in [0.4, 0.5) is 0 Å². The van der Waals surface area contributed by atoms with E-state index in [0.29, 0.717) is 31.9 Å². The largest absolute Gasteiger partial charge is 0.484 e. The molecule has 26 heavy (non-hydrogen) atoms. The summed E-state index contributed by atoms with van der Waals surface area (Å²) in [6, 6.07) is 3.73. The monoisotopic (exact) mass is 358 g/mol. The van der Waals surface area contributed by atoms with Gasteiger partial charge in [-0.2, -0.15) is 0 Å². The van der Waals surface area contributed by atoms with E-state index in [1.165, 1.54) is 0 Å². The lowest BCUT2D eigenvalue weighted by Gasteiger charge is -2.32. The molecule has 1 amide bonds. The van der Waals surface area contributed by atoms with Crippen molar-refractivity contribution in [2.75, 3.05) is 13.2 Å². The van der Waals surface area contributed by atoms with Crippen LogP contribution in [-0.2, 0) is 22.5 Å². The molecule has 0 unspecified atom stereocenters. The Morgan fingerprint density at radius 3 is 3.08 bits per heavy atom. The second-order valence-electron chi connectivity index (χ2n) is 6.47. The van der Waals surface area contributed by atoms with E-state index in [4.69, 9.17) is 9.47 Å². The van der Waals surface area contributed by atoms with E-state index in [-0.39, 0.29) is 18.1 Å². The SMILES string of the molecule is CCc1nccn1CCC(=O)N[C@@H]1CCOC[C@@H]1Oc1ccc(C)nc1. The number of carbonyl (C=O) groups is 1. The normalized spacial score (nSPS) is 19.9. The minimum atomic E-state index is -0.211. The Morgan fingerprint density at radius 2 is 2.31 bits per heavy atom. The zero-order valence-corrected chi connectivity index (χ0v) is 15.4. The number of hydrogen-bond donors (Lipinski definition) is 1. The van der Waals surface area contributed by atoms with Crippen molar-refractivity contribution in [2.24, 2.45) is 0 Å². The molecule has 0 bridgehead atoms. The van der Waals surface area contributed by atoms with Gasteiger partial charge in [-0.25, -0.2) is 4.98 Å². The molecule has 0 aliphatic carbocycles. The first-order valence-electron chi connectivity index (χ1n) is 9.12. The molecule has 1 aliphatic heterocycles. The second kappa shape index (κ2) is 8.80.